The number of carboxylic acids is 1. The zero-order chi connectivity index (χ0) is 28.1. The van der Waals surface area contributed by atoms with E-state index in [2.05, 4.69) is 67.5 Å². The van der Waals surface area contributed by atoms with Crippen LogP contribution in [0.2, 0.25) is 0 Å². The van der Waals surface area contributed by atoms with Crippen LogP contribution >= 0.6 is 11.6 Å². The number of Topliss-reactive ketones (excluding diaryl/α,β-unsaturated/α-hetero) is 1. The number of allylic oxidation sites excluding steroid dienone is 6. The van der Waals surface area contributed by atoms with Crippen molar-refractivity contribution in [3.05, 3.63) is 93.7 Å². The number of para-hydroxylation sites is 2. The average Bonchev–Trinajstić information content (AvgIpc) is 3.23. The highest BCUT2D eigenvalue weighted by Gasteiger charge is 2.46. The third kappa shape index (κ3) is 4.47. The van der Waals surface area contributed by atoms with Gasteiger partial charge in [-0.25, -0.2) is 0 Å². The highest BCUT2D eigenvalue weighted by Crippen LogP contribution is 2.49. The van der Waals surface area contributed by atoms with Crippen LogP contribution in [0.25, 0.3) is 0 Å². The number of carbonyl (C=O) groups excluding carboxylic acids is 1. The van der Waals surface area contributed by atoms with Gasteiger partial charge in [0.1, 0.15) is 7.05 Å². The number of ketones is 1. The Kier molecular flexibility index (Phi) is 6.92. The number of carboxylic acid groups (broad SMARTS) is 1. The first-order valence-corrected chi connectivity index (χ1v) is 14.0. The van der Waals surface area contributed by atoms with Crippen LogP contribution in [0.15, 0.2) is 82.6 Å². The minimum atomic E-state index is -0.758. The van der Waals surface area contributed by atoms with E-state index in [9.17, 15) is 9.59 Å². The Morgan fingerprint density at radius 3 is 2.28 bits per heavy atom. The molecular weight excluding hydrogens is 508 g/mol. The van der Waals surface area contributed by atoms with Gasteiger partial charge in [0.15, 0.2) is 11.5 Å². The minimum absolute atomic E-state index is 0.0340. The van der Waals surface area contributed by atoms with Crippen LogP contribution < -0.4 is 4.90 Å². The number of hydrogen-bond acceptors (Lipinski definition) is 3. The fourth-order valence-electron chi connectivity index (χ4n) is 6.28. The van der Waals surface area contributed by atoms with Crippen molar-refractivity contribution in [1.82, 2.24) is 0 Å². The van der Waals surface area contributed by atoms with E-state index in [1.807, 2.05) is 37.4 Å². The topological polar surface area (TPSA) is 60.6 Å². The smallest absolute Gasteiger partial charge is 0.303 e. The molecule has 0 fully saturated rings. The molecular formula is C33H36ClN2O3+. The van der Waals surface area contributed by atoms with Crippen molar-refractivity contribution in [2.24, 2.45) is 0 Å². The molecule has 39 heavy (non-hydrogen) atoms. The maximum absolute atomic E-state index is 13.5. The number of hydrogen-bond donors (Lipinski definition) is 1. The monoisotopic (exact) mass is 543 g/mol. The summed E-state index contributed by atoms with van der Waals surface area (Å²) in [5, 5.41) is 9.48. The van der Waals surface area contributed by atoms with E-state index in [1.54, 1.807) is 0 Å². The number of benzene rings is 2. The summed E-state index contributed by atoms with van der Waals surface area (Å²) in [5.74, 6) is -0.792. The zero-order valence-electron chi connectivity index (χ0n) is 23.3. The standard InChI is InChI=1S/C33H35ClN2O3/c1-32(2)23-13-8-10-15-25(23)35(5)27(32)19-21-30(34)22(31(21)39)20-28-33(3,4)24-14-9-11-16-26(24)36(28)18-12-6-7-17-29(37)38/h8-11,13-16,19-20H,6-7,12,17-18H2,1-5H3/p+1. The number of halogens is 1. The van der Waals surface area contributed by atoms with Crippen LogP contribution in [-0.4, -0.2) is 40.7 Å². The molecule has 202 valence electrons. The first-order valence-electron chi connectivity index (χ1n) is 13.6. The molecule has 3 aliphatic rings. The van der Waals surface area contributed by atoms with Crippen LogP contribution in [0, 0.1) is 0 Å². The number of anilines is 1. The summed E-state index contributed by atoms with van der Waals surface area (Å²) in [6, 6.07) is 16.7. The molecule has 0 saturated heterocycles. The van der Waals surface area contributed by atoms with Gasteiger partial charge in [0.05, 0.1) is 10.4 Å². The zero-order valence-corrected chi connectivity index (χ0v) is 24.1. The van der Waals surface area contributed by atoms with Crippen molar-refractivity contribution >= 4 is 40.4 Å². The van der Waals surface area contributed by atoms with E-state index in [-0.39, 0.29) is 23.0 Å². The number of carbonyl (C=O) groups is 2. The van der Waals surface area contributed by atoms with Crippen LogP contribution in [0.4, 0.5) is 11.4 Å². The van der Waals surface area contributed by atoms with E-state index in [0.717, 1.165) is 42.2 Å². The van der Waals surface area contributed by atoms with Gasteiger partial charge in [0.25, 0.3) is 0 Å². The maximum Gasteiger partial charge on any atom is 0.303 e. The second-order valence-electron chi connectivity index (χ2n) is 11.7. The lowest BCUT2D eigenvalue weighted by Crippen LogP contribution is -2.31. The first kappa shape index (κ1) is 27.1. The molecule has 0 aromatic heterocycles. The molecule has 2 aliphatic heterocycles. The molecule has 1 N–H and O–H groups in total. The number of fused-ring (bicyclic) bond motifs is 2. The van der Waals surface area contributed by atoms with E-state index >= 15 is 0 Å². The van der Waals surface area contributed by atoms with E-state index < -0.39 is 5.97 Å². The van der Waals surface area contributed by atoms with Gasteiger partial charge in [-0.3, -0.25) is 9.59 Å². The third-order valence-corrected chi connectivity index (χ3v) is 8.94. The Morgan fingerprint density at radius 1 is 0.949 bits per heavy atom. The summed E-state index contributed by atoms with van der Waals surface area (Å²) in [6.07, 6.45) is 6.47. The Hall–Kier alpha value is -3.44. The molecule has 6 heteroatoms. The normalized spacial score (nSPS) is 21.1. The lowest BCUT2D eigenvalue weighted by molar-refractivity contribution is -0.401. The molecule has 0 unspecified atom stereocenters. The Labute approximate surface area is 235 Å². The molecule has 0 bridgehead atoms. The fourth-order valence-corrected chi connectivity index (χ4v) is 6.56. The van der Waals surface area contributed by atoms with Gasteiger partial charge in [-0.2, -0.15) is 4.58 Å². The molecule has 5 rings (SSSR count). The number of nitrogens with zero attached hydrogens (tertiary/aromatic N) is 2. The van der Waals surface area contributed by atoms with E-state index in [0.29, 0.717) is 22.6 Å². The average molecular weight is 544 g/mol. The number of aliphatic carboxylic acids is 1. The molecule has 1 aliphatic carbocycles. The summed E-state index contributed by atoms with van der Waals surface area (Å²) >= 11 is 6.85. The highest BCUT2D eigenvalue weighted by molar-refractivity contribution is 6.46. The van der Waals surface area contributed by atoms with E-state index in [1.165, 1.54) is 11.1 Å². The van der Waals surface area contributed by atoms with Gasteiger partial charge in [0, 0.05) is 58.6 Å². The second kappa shape index (κ2) is 9.95. The molecule has 0 spiro atoms. The predicted octanol–water partition coefficient (Wildman–Crippen LogP) is 7.02. The molecule has 0 radical (unpaired) electrons. The van der Waals surface area contributed by atoms with Gasteiger partial charge < -0.3 is 10.0 Å². The number of unbranched alkanes of at least 4 members (excludes halogenated alkanes) is 2. The predicted molar refractivity (Wildman–Crippen MR) is 157 cm³/mol. The summed E-state index contributed by atoms with van der Waals surface area (Å²) in [5.41, 5.74) is 7.38. The van der Waals surface area contributed by atoms with Crippen molar-refractivity contribution < 1.29 is 19.3 Å². The fraction of sp³-hybridized carbons (Fsp3) is 0.364. The van der Waals surface area contributed by atoms with Crippen molar-refractivity contribution in [3.8, 4) is 0 Å². The lowest BCUT2D eigenvalue weighted by atomic mass is 9.78. The SMILES string of the molecule is C[N+]1=C(/C=C2/C(=O)C(/C=C3\N(CCCCCC(=O)O)c4ccccc4C3(C)C)=C2Cl)C(C)(C)c2ccccc21. The Morgan fingerprint density at radius 2 is 1.62 bits per heavy atom. The second-order valence-corrected chi connectivity index (χ2v) is 12.1. The minimum Gasteiger partial charge on any atom is -0.481 e. The van der Waals surface area contributed by atoms with Gasteiger partial charge in [-0.05, 0) is 44.4 Å². The highest BCUT2D eigenvalue weighted by atomic mass is 35.5. The molecule has 2 heterocycles. The van der Waals surface area contributed by atoms with Crippen LogP contribution in [0.1, 0.15) is 64.5 Å². The molecule has 0 saturated carbocycles. The summed E-state index contributed by atoms with van der Waals surface area (Å²) in [6.45, 7) is 9.47. The molecule has 2 aromatic carbocycles. The van der Waals surface area contributed by atoms with Crippen molar-refractivity contribution in [3.63, 3.8) is 0 Å². The van der Waals surface area contributed by atoms with Crippen LogP contribution in [-0.2, 0) is 20.4 Å². The van der Waals surface area contributed by atoms with Gasteiger partial charge in [0.2, 0.25) is 5.69 Å². The van der Waals surface area contributed by atoms with Crippen molar-refractivity contribution in [2.45, 2.75) is 64.2 Å². The van der Waals surface area contributed by atoms with Crippen molar-refractivity contribution in [2.75, 3.05) is 18.5 Å². The van der Waals surface area contributed by atoms with Crippen LogP contribution in [0.5, 0.6) is 0 Å². The molecule has 0 amide bonds. The Balaban J connectivity index is 1.47. The Bertz CT molecular complexity index is 1510. The summed E-state index contributed by atoms with van der Waals surface area (Å²) in [4.78, 5) is 26.7. The quantitative estimate of drug-likeness (QED) is 0.221. The van der Waals surface area contributed by atoms with Gasteiger partial charge in [-0.15, -0.1) is 0 Å². The third-order valence-electron chi connectivity index (χ3n) is 8.54. The van der Waals surface area contributed by atoms with Crippen molar-refractivity contribution in [1.29, 1.82) is 0 Å². The molecule has 5 nitrogen and oxygen atoms in total. The summed E-state index contributed by atoms with van der Waals surface area (Å²) in [7, 11) is 2.04. The number of rotatable bonds is 8. The lowest BCUT2D eigenvalue weighted by Gasteiger charge is -2.29. The summed E-state index contributed by atoms with van der Waals surface area (Å²) < 4.78 is 2.15. The van der Waals surface area contributed by atoms with Crippen LogP contribution in [0.3, 0.4) is 0 Å². The largest absolute Gasteiger partial charge is 0.481 e. The van der Waals surface area contributed by atoms with E-state index in [4.69, 9.17) is 16.7 Å². The maximum atomic E-state index is 13.5. The van der Waals surface area contributed by atoms with Gasteiger partial charge >= 0.3 is 5.97 Å². The first-order chi connectivity index (χ1) is 18.5. The molecule has 2 aromatic rings. The molecule has 0 atom stereocenters. The van der Waals surface area contributed by atoms with Gasteiger partial charge in [-0.1, -0.05) is 68.3 Å².